The number of rotatable bonds is 3. The highest BCUT2D eigenvalue weighted by atomic mass is 79.9. The standard InChI is InChI=1S/C12H13Br2N3/c1-8(2)17-6-5-15-12(17)16-11-4-3-9(13)7-10(11)14/h3-8H,1-2H3,(H,15,16). The van der Waals surface area contributed by atoms with Gasteiger partial charge in [-0.3, -0.25) is 0 Å². The van der Waals surface area contributed by atoms with Crippen LogP contribution in [-0.2, 0) is 0 Å². The molecule has 0 amide bonds. The predicted octanol–water partition coefficient (Wildman–Crippen LogP) is 4.73. The summed E-state index contributed by atoms with van der Waals surface area (Å²) in [6.07, 6.45) is 3.77. The molecule has 2 rings (SSSR count). The Morgan fingerprint density at radius 1 is 1.29 bits per heavy atom. The van der Waals surface area contributed by atoms with Crippen molar-refractivity contribution < 1.29 is 0 Å². The minimum Gasteiger partial charge on any atom is -0.325 e. The van der Waals surface area contributed by atoms with Crippen molar-refractivity contribution in [3.8, 4) is 0 Å². The first-order valence-electron chi connectivity index (χ1n) is 5.33. The van der Waals surface area contributed by atoms with Crippen molar-refractivity contribution in [3.05, 3.63) is 39.5 Å². The first-order valence-corrected chi connectivity index (χ1v) is 6.91. The molecule has 1 heterocycles. The monoisotopic (exact) mass is 357 g/mol. The molecule has 1 N–H and O–H groups in total. The Hall–Kier alpha value is -0.810. The van der Waals surface area contributed by atoms with Gasteiger partial charge in [-0.15, -0.1) is 0 Å². The summed E-state index contributed by atoms with van der Waals surface area (Å²) in [4.78, 5) is 4.32. The Kier molecular flexibility index (Phi) is 3.89. The zero-order valence-electron chi connectivity index (χ0n) is 9.61. The lowest BCUT2D eigenvalue weighted by Gasteiger charge is -2.13. The van der Waals surface area contributed by atoms with E-state index in [0.717, 1.165) is 20.6 Å². The van der Waals surface area contributed by atoms with Crippen LogP contribution in [0.15, 0.2) is 39.5 Å². The molecule has 0 atom stereocenters. The number of hydrogen-bond donors (Lipinski definition) is 1. The van der Waals surface area contributed by atoms with Crippen LogP contribution in [0.4, 0.5) is 11.6 Å². The van der Waals surface area contributed by atoms with Gasteiger partial charge in [-0.25, -0.2) is 4.98 Å². The number of imidazole rings is 1. The molecule has 0 aliphatic heterocycles. The number of nitrogens with zero attached hydrogens (tertiary/aromatic N) is 2. The minimum atomic E-state index is 0.384. The number of benzene rings is 1. The van der Waals surface area contributed by atoms with Crippen LogP contribution in [0.3, 0.4) is 0 Å². The van der Waals surface area contributed by atoms with Crippen LogP contribution in [0, 0.1) is 0 Å². The number of halogens is 2. The van der Waals surface area contributed by atoms with E-state index in [0.29, 0.717) is 6.04 Å². The largest absolute Gasteiger partial charge is 0.325 e. The molecule has 0 radical (unpaired) electrons. The van der Waals surface area contributed by atoms with Crippen LogP contribution in [0.5, 0.6) is 0 Å². The summed E-state index contributed by atoms with van der Waals surface area (Å²) >= 11 is 6.96. The number of aromatic nitrogens is 2. The Morgan fingerprint density at radius 2 is 2.06 bits per heavy atom. The average Bonchev–Trinajstić information content (AvgIpc) is 2.70. The van der Waals surface area contributed by atoms with Crippen molar-refractivity contribution in [1.82, 2.24) is 9.55 Å². The van der Waals surface area contributed by atoms with E-state index in [1.54, 1.807) is 6.20 Å². The molecule has 0 saturated carbocycles. The average molecular weight is 359 g/mol. The fourth-order valence-corrected chi connectivity index (χ4v) is 2.68. The van der Waals surface area contributed by atoms with Crippen LogP contribution in [0.1, 0.15) is 19.9 Å². The van der Waals surface area contributed by atoms with Gasteiger partial charge in [-0.2, -0.15) is 0 Å². The second-order valence-corrected chi connectivity index (χ2v) is 5.77. The maximum absolute atomic E-state index is 4.32. The lowest BCUT2D eigenvalue weighted by Crippen LogP contribution is -2.05. The van der Waals surface area contributed by atoms with Gasteiger partial charge in [0.2, 0.25) is 5.95 Å². The smallest absolute Gasteiger partial charge is 0.207 e. The highest BCUT2D eigenvalue weighted by molar-refractivity contribution is 9.11. The Bertz CT molecular complexity index is 520. The van der Waals surface area contributed by atoms with E-state index >= 15 is 0 Å². The third-order valence-corrected chi connectivity index (χ3v) is 3.55. The second kappa shape index (κ2) is 5.23. The van der Waals surface area contributed by atoms with E-state index in [1.165, 1.54) is 0 Å². The van der Waals surface area contributed by atoms with Crippen molar-refractivity contribution in [1.29, 1.82) is 0 Å². The fourth-order valence-electron chi connectivity index (χ4n) is 1.54. The Morgan fingerprint density at radius 3 is 2.71 bits per heavy atom. The maximum Gasteiger partial charge on any atom is 0.207 e. The third-order valence-electron chi connectivity index (χ3n) is 2.40. The van der Waals surface area contributed by atoms with Crippen LogP contribution >= 0.6 is 31.9 Å². The highest BCUT2D eigenvalue weighted by Crippen LogP contribution is 2.28. The summed E-state index contributed by atoms with van der Waals surface area (Å²) < 4.78 is 4.14. The SMILES string of the molecule is CC(C)n1ccnc1Nc1ccc(Br)cc1Br. The van der Waals surface area contributed by atoms with E-state index in [4.69, 9.17) is 0 Å². The molecule has 0 saturated heterocycles. The summed E-state index contributed by atoms with van der Waals surface area (Å²) in [5.41, 5.74) is 1.00. The van der Waals surface area contributed by atoms with Gasteiger partial charge in [0.25, 0.3) is 0 Å². The van der Waals surface area contributed by atoms with E-state index in [9.17, 15) is 0 Å². The van der Waals surface area contributed by atoms with Gasteiger partial charge in [-0.1, -0.05) is 15.9 Å². The van der Waals surface area contributed by atoms with Gasteiger partial charge in [0, 0.05) is 27.4 Å². The van der Waals surface area contributed by atoms with Crippen LogP contribution < -0.4 is 5.32 Å². The van der Waals surface area contributed by atoms with Crippen molar-refractivity contribution in [3.63, 3.8) is 0 Å². The normalized spacial score (nSPS) is 10.9. The van der Waals surface area contributed by atoms with Gasteiger partial charge < -0.3 is 9.88 Å². The zero-order chi connectivity index (χ0) is 12.4. The first kappa shape index (κ1) is 12.6. The molecule has 2 aromatic rings. The first-order chi connectivity index (χ1) is 8.08. The van der Waals surface area contributed by atoms with Crippen LogP contribution in [0.25, 0.3) is 0 Å². The molecule has 0 unspecified atom stereocenters. The quantitative estimate of drug-likeness (QED) is 0.859. The van der Waals surface area contributed by atoms with Gasteiger partial charge in [0.1, 0.15) is 0 Å². The molecule has 17 heavy (non-hydrogen) atoms. The molecule has 0 fully saturated rings. The van der Waals surface area contributed by atoms with Crippen molar-refractivity contribution in [2.45, 2.75) is 19.9 Å². The maximum atomic E-state index is 4.32. The third kappa shape index (κ3) is 2.90. The lowest BCUT2D eigenvalue weighted by atomic mass is 10.3. The second-order valence-electron chi connectivity index (χ2n) is 4.00. The molecule has 0 spiro atoms. The summed E-state index contributed by atoms with van der Waals surface area (Å²) in [6.45, 7) is 4.26. The number of nitrogens with one attached hydrogen (secondary N) is 1. The lowest BCUT2D eigenvalue weighted by molar-refractivity contribution is 0.608. The summed E-state index contributed by atoms with van der Waals surface area (Å²) in [6, 6.07) is 6.39. The zero-order valence-corrected chi connectivity index (χ0v) is 12.8. The Labute approximate surface area is 118 Å². The van der Waals surface area contributed by atoms with Gasteiger partial charge in [0.05, 0.1) is 5.69 Å². The van der Waals surface area contributed by atoms with Gasteiger partial charge in [0.15, 0.2) is 0 Å². The number of hydrogen-bond acceptors (Lipinski definition) is 2. The Balaban J connectivity index is 2.28. The van der Waals surface area contributed by atoms with E-state index in [2.05, 4.69) is 60.6 Å². The predicted molar refractivity (Wildman–Crippen MR) is 77.7 cm³/mol. The summed E-state index contributed by atoms with van der Waals surface area (Å²) in [5.74, 6) is 0.850. The molecule has 0 bridgehead atoms. The van der Waals surface area contributed by atoms with Crippen molar-refractivity contribution in [2.24, 2.45) is 0 Å². The molecule has 0 aliphatic carbocycles. The molecule has 90 valence electrons. The molecular weight excluding hydrogens is 346 g/mol. The van der Waals surface area contributed by atoms with Crippen molar-refractivity contribution >= 4 is 43.5 Å². The summed E-state index contributed by atoms with van der Waals surface area (Å²) in [5, 5.41) is 3.31. The van der Waals surface area contributed by atoms with E-state index in [1.807, 2.05) is 24.4 Å². The molecule has 5 heteroatoms. The fraction of sp³-hybridized carbons (Fsp3) is 0.250. The topological polar surface area (TPSA) is 29.9 Å². The summed E-state index contributed by atoms with van der Waals surface area (Å²) in [7, 11) is 0. The van der Waals surface area contributed by atoms with Gasteiger partial charge in [-0.05, 0) is 48.0 Å². The van der Waals surface area contributed by atoms with Crippen LogP contribution in [0.2, 0.25) is 0 Å². The molecular formula is C12H13Br2N3. The molecule has 0 aliphatic rings. The molecule has 1 aromatic heterocycles. The molecule has 3 nitrogen and oxygen atoms in total. The highest BCUT2D eigenvalue weighted by Gasteiger charge is 2.07. The van der Waals surface area contributed by atoms with E-state index < -0.39 is 0 Å². The minimum absolute atomic E-state index is 0.384. The van der Waals surface area contributed by atoms with E-state index in [-0.39, 0.29) is 0 Å². The van der Waals surface area contributed by atoms with Crippen molar-refractivity contribution in [2.75, 3.05) is 5.32 Å². The van der Waals surface area contributed by atoms with Gasteiger partial charge >= 0.3 is 0 Å². The van der Waals surface area contributed by atoms with Crippen LogP contribution in [-0.4, -0.2) is 9.55 Å². The number of anilines is 2. The molecule has 1 aromatic carbocycles.